The third kappa shape index (κ3) is 4.28. The first-order chi connectivity index (χ1) is 8.24. The molecule has 1 heterocycles. The third-order valence-electron chi connectivity index (χ3n) is 3.79. The van der Waals surface area contributed by atoms with E-state index in [0.717, 1.165) is 38.7 Å². The summed E-state index contributed by atoms with van der Waals surface area (Å²) in [6.07, 6.45) is 6.51. The molecular weight excluding hydrogens is 218 g/mol. The number of ether oxygens (including phenoxy) is 1. The number of amides is 1. The van der Waals surface area contributed by atoms with Crippen LogP contribution in [-0.4, -0.2) is 36.4 Å². The molecule has 4 heteroatoms. The largest absolute Gasteiger partial charge is 0.393 e. The molecule has 0 radical (unpaired) electrons. The third-order valence-corrected chi connectivity index (χ3v) is 3.79. The average Bonchev–Trinajstić information content (AvgIpc) is 2.74. The summed E-state index contributed by atoms with van der Waals surface area (Å²) in [7, 11) is 0. The van der Waals surface area contributed by atoms with Crippen LogP contribution in [0.15, 0.2) is 0 Å². The monoisotopic (exact) mass is 241 g/mol. The summed E-state index contributed by atoms with van der Waals surface area (Å²) in [6.45, 7) is 1.51. The molecule has 2 fully saturated rings. The lowest BCUT2D eigenvalue weighted by molar-refractivity contribution is -0.125. The molecule has 1 amide bonds. The summed E-state index contributed by atoms with van der Waals surface area (Å²) in [5.41, 5.74) is 0. The predicted molar refractivity (Wildman–Crippen MR) is 64.6 cm³/mol. The molecule has 0 spiro atoms. The van der Waals surface area contributed by atoms with E-state index in [1.807, 2.05) is 0 Å². The van der Waals surface area contributed by atoms with Crippen molar-refractivity contribution in [1.29, 1.82) is 0 Å². The summed E-state index contributed by atoms with van der Waals surface area (Å²) < 4.78 is 5.54. The minimum atomic E-state index is -0.154. The first-order valence-corrected chi connectivity index (χ1v) is 6.80. The summed E-state index contributed by atoms with van der Waals surface area (Å²) in [4.78, 5) is 11.7. The molecule has 1 aliphatic heterocycles. The van der Waals surface area contributed by atoms with Gasteiger partial charge in [0.1, 0.15) is 0 Å². The van der Waals surface area contributed by atoms with E-state index in [4.69, 9.17) is 4.74 Å². The molecule has 1 saturated carbocycles. The summed E-state index contributed by atoms with van der Waals surface area (Å²) in [6, 6.07) is 0. The number of nitrogens with one attached hydrogen (secondary N) is 1. The second-order valence-electron chi connectivity index (χ2n) is 5.33. The van der Waals surface area contributed by atoms with E-state index in [1.165, 1.54) is 6.42 Å². The smallest absolute Gasteiger partial charge is 0.222 e. The molecule has 2 aliphatic rings. The Morgan fingerprint density at radius 3 is 2.82 bits per heavy atom. The number of aliphatic hydroxyl groups is 1. The molecule has 3 atom stereocenters. The number of hydrogen-bond acceptors (Lipinski definition) is 3. The van der Waals surface area contributed by atoms with E-state index in [1.54, 1.807) is 0 Å². The highest BCUT2D eigenvalue weighted by molar-refractivity contribution is 5.76. The average molecular weight is 241 g/mol. The summed E-state index contributed by atoms with van der Waals surface area (Å²) >= 11 is 0. The lowest BCUT2D eigenvalue weighted by Gasteiger charge is -2.22. The molecule has 3 unspecified atom stereocenters. The Kier molecular flexibility index (Phi) is 4.80. The van der Waals surface area contributed by atoms with Crippen molar-refractivity contribution in [2.24, 2.45) is 5.92 Å². The highest BCUT2D eigenvalue weighted by atomic mass is 16.5. The van der Waals surface area contributed by atoms with E-state index in [0.29, 0.717) is 18.9 Å². The summed E-state index contributed by atoms with van der Waals surface area (Å²) in [5.74, 6) is 0.555. The molecule has 1 saturated heterocycles. The van der Waals surface area contributed by atoms with Gasteiger partial charge in [-0.15, -0.1) is 0 Å². The van der Waals surface area contributed by atoms with Crippen molar-refractivity contribution in [2.45, 2.75) is 57.2 Å². The molecule has 17 heavy (non-hydrogen) atoms. The van der Waals surface area contributed by atoms with Crippen molar-refractivity contribution >= 4 is 5.91 Å². The SMILES string of the molecule is O=C(CC1CCCCO1)NCC1CCC(O)C1. The normalized spacial score (nSPS) is 33.6. The standard InChI is InChI=1S/C13H23NO3/c15-11-5-4-10(7-11)9-14-13(16)8-12-3-1-2-6-17-12/h10-12,15H,1-9H2,(H,14,16). The van der Waals surface area contributed by atoms with Crippen LogP contribution in [0.5, 0.6) is 0 Å². The maximum Gasteiger partial charge on any atom is 0.222 e. The van der Waals surface area contributed by atoms with Gasteiger partial charge in [0.15, 0.2) is 0 Å². The predicted octanol–water partition coefficient (Wildman–Crippen LogP) is 1.22. The van der Waals surface area contributed by atoms with Gasteiger partial charge in [0, 0.05) is 13.2 Å². The van der Waals surface area contributed by atoms with Crippen LogP contribution >= 0.6 is 0 Å². The number of hydrogen-bond donors (Lipinski definition) is 2. The molecule has 98 valence electrons. The van der Waals surface area contributed by atoms with E-state index in [2.05, 4.69) is 5.32 Å². The van der Waals surface area contributed by atoms with Gasteiger partial charge in [0.25, 0.3) is 0 Å². The van der Waals surface area contributed by atoms with Crippen LogP contribution in [-0.2, 0) is 9.53 Å². The molecule has 2 rings (SSSR count). The lowest BCUT2D eigenvalue weighted by Crippen LogP contribution is -2.33. The van der Waals surface area contributed by atoms with Crippen LogP contribution in [0.25, 0.3) is 0 Å². The van der Waals surface area contributed by atoms with Crippen LogP contribution < -0.4 is 5.32 Å². The first-order valence-electron chi connectivity index (χ1n) is 6.80. The number of carbonyl (C=O) groups is 1. The van der Waals surface area contributed by atoms with E-state index < -0.39 is 0 Å². The van der Waals surface area contributed by atoms with Crippen molar-refractivity contribution in [1.82, 2.24) is 5.32 Å². The Hall–Kier alpha value is -0.610. The molecule has 1 aliphatic carbocycles. The van der Waals surface area contributed by atoms with Crippen LogP contribution in [0.1, 0.15) is 44.9 Å². The Morgan fingerprint density at radius 1 is 1.29 bits per heavy atom. The molecular formula is C13H23NO3. The van der Waals surface area contributed by atoms with Crippen LogP contribution in [0.2, 0.25) is 0 Å². The number of aliphatic hydroxyl groups excluding tert-OH is 1. The first kappa shape index (κ1) is 12.8. The number of rotatable bonds is 4. The van der Waals surface area contributed by atoms with Crippen molar-refractivity contribution in [2.75, 3.05) is 13.2 Å². The van der Waals surface area contributed by atoms with E-state index in [-0.39, 0.29) is 18.1 Å². The van der Waals surface area contributed by atoms with Crippen molar-refractivity contribution in [3.05, 3.63) is 0 Å². The van der Waals surface area contributed by atoms with E-state index >= 15 is 0 Å². The van der Waals surface area contributed by atoms with Gasteiger partial charge in [0.05, 0.1) is 18.6 Å². The van der Waals surface area contributed by atoms with Gasteiger partial charge in [-0.05, 0) is 44.4 Å². The van der Waals surface area contributed by atoms with Gasteiger partial charge in [-0.2, -0.15) is 0 Å². The zero-order valence-electron chi connectivity index (χ0n) is 10.4. The maximum atomic E-state index is 11.7. The second-order valence-corrected chi connectivity index (χ2v) is 5.33. The summed E-state index contributed by atoms with van der Waals surface area (Å²) in [5, 5.41) is 12.4. The van der Waals surface area contributed by atoms with Crippen molar-refractivity contribution in [3.8, 4) is 0 Å². The van der Waals surface area contributed by atoms with Gasteiger partial charge in [-0.25, -0.2) is 0 Å². The van der Waals surface area contributed by atoms with Gasteiger partial charge >= 0.3 is 0 Å². The fraction of sp³-hybridized carbons (Fsp3) is 0.923. The fourth-order valence-corrected chi connectivity index (χ4v) is 2.74. The van der Waals surface area contributed by atoms with Crippen LogP contribution in [0.3, 0.4) is 0 Å². The highest BCUT2D eigenvalue weighted by Gasteiger charge is 2.23. The van der Waals surface area contributed by atoms with Gasteiger partial charge in [-0.3, -0.25) is 4.79 Å². The Morgan fingerprint density at radius 2 is 2.18 bits per heavy atom. The molecule has 4 nitrogen and oxygen atoms in total. The van der Waals surface area contributed by atoms with Gasteiger partial charge < -0.3 is 15.2 Å². The van der Waals surface area contributed by atoms with Crippen LogP contribution in [0, 0.1) is 5.92 Å². The highest BCUT2D eigenvalue weighted by Crippen LogP contribution is 2.24. The second kappa shape index (κ2) is 6.36. The minimum absolute atomic E-state index is 0.0956. The maximum absolute atomic E-state index is 11.7. The van der Waals surface area contributed by atoms with Crippen molar-refractivity contribution < 1.29 is 14.6 Å². The van der Waals surface area contributed by atoms with E-state index in [9.17, 15) is 9.90 Å². The molecule has 0 aromatic carbocycles. The van der Waals surface area contributed by atoms with Crippen molar-refractivity contribution in [3.63, 3.8) is 0 Å². The Labute approximate surface area is 103 Å². The fourth-order valence-electron chi connectivity index (χ4n) is 2.74. The quantitative estimate of drug-likeness (QED) is 0.778. The Bertz CT molecular complexity index is 251. The Balaban J connectivity index is 1.60. The molecule has 2 N–H and O–H groups in total. The zero-order valence-corrected chi connectivity index (χ0v) is 10.4. The molecule has 0 aromatic heterocycles. The van der Waals surface area contributed by atoms with Gasteiger partial charge in [0.2, 0.25) is 5.91 Å². The molecule has 0 aromatic rings. The minimum Gasteiger partial charge on any atom is -0.393 e. The zero-order chi connectivity index (χ0) is 12.1. The number of carbonyl (C=O) groups excluding carboxylic acids is 1. The van der Waals surface area contributed by atoms with Crippen LogP contribution in [0.4, 0.5) is 0 Å². The van der Waals surface area contributed by atoms with Gasteiger partial charge in [-0.1, -0.05) is 0 Å². The lowest BCUT2D eigenvalue weighted by atomic mass is 10.1. The topological polar surface area (TPSA) is 58.6 Å². The molecule has 0 bridgehead atoms.